The molecule has 0 spiro atoms. The number of amides is 1. The van der Waals surface area contributed by atoms with Gasteiger partial charge in [0.15, 0.2) is 16.9 Å². The van der Waals surface area contributed by atoms with Crippen molar-refractivity contribution in [1.82, 2.24) is 4.90 Å². The van der Waals surface area contributed by atoms with E-state index in [1.807, 2.05) is 37.3 Å². The first-order valence-corrected chi connectivity index (χ1v) is 13.4. The average Bonchev–Trinajstić information content (AvgIpc) is 3.21. The molecule has 0 radical (unpaired) electrons. The number of rotatable bonds is 10. The van der Waals surface area contributed by atoms with E-state index in [0.29, 0.717) is 41.9 Å². The standard InChI is InChI=1S/C32H32FNO6/c1-5-38-27-16-21(8-12-26(27)39-15-14-19(2)3)29-28-30(35)24-17-22(33)9-13-25(24)40-31(28)32(36)34(29)18-20-6-10-23(37-4)11-7-20/h6-13,16-17,19,29H,5,14-15,18H2,1-4H3. The Hall–Kier alpha value is -4.33. The van der Waals surface area contributed by atoms with Crippen LogP contribution >= 0.6 is 0 Å². The van der Waals surface area contributed by atoms with Gasteiger partial charge in [-0.3, -0.25) is 9.59 Å². The summed E-state index contributed by atoms with van der Waals surface area (Å²) in [5, 5.41) is 0.0847. The van der Waals surface area contributed by atoms with Crippen LogP contribution < -0.4 is 19.6 Å². The van der Waals surface area contributed by atoms with Crippen molar-refractivity contribution in [2.24, 2.45) is 5.92 Å². The fourth-order valence-corrected chi connectivity index (χ4v) is 4.92. The van der Waals surface area contributed by atoms with Crippen molar-refractivity contribution in [3.8, 4) is 17.2 Å². The van der Waals surface area contributed by atoms with E-state index in [2.05, 4.69) is 13.8 Å². The van der Waals surface area contributed by atoms with Crippen molar-refractivity contribution < 1.29 is 27.8 Å². The van der Waals surface area contributed by atoms with Crippen LogP contribution in [-0.2, 0) is 6.54 Å². The first-order valence-electron chi connectivity index (χ1n) is 13.4. The monoisotopic (exact) mass is 545 g/mol. The van der Waals surface area contributed by atoms with Gasteiger partial charge in [0.1, 0.15) is 17.1 Å². The highest BCUT2D eigenvalue weighted by Gasteiger charge is 2.43. The van der Waals surface area contributed by atoms with Crippen molar-refractivity contribution in [3.05, 3.63) is 99.2 Å². The van der Waals surface area contributed by atoms with E-state index >= 15 is 0 Å². The molecular weight excluding hydrogens is 513 g/mol. The van der Waals surface area contributed by atoms with Crippen LogP contribution in [0.5, 0.6) is 17.2 Å². The van der Waals surface area contributed by atoms with E-state index in [4.69, 9.17) is 18.6 Å². The lowest BCUT2D eigenvalue weighted by atomic mass is 9.97. The number of nitrogens with zero attached hydrogens (tertiary/aromatic N) is 1. The highest BCUT2D eigenvalue weighted by atomic mass is 19.1. The predicted octanol–water partition coefficient (Wildman–Crippen LogP) is 6.51. The largest absolute Gasteiger partial charge is 0.497 e. The normalized spacial score (nSPS) is 14.6. The molecule has 4 aromatic rings. The van der Waals surface area contributed by atoms with Gasteiger partial charge in [0, 0.05) is 6.54 Å². The number of fused-ring (bicyclic) bond motifs is 2. The van der Waals surface area contributed by atoms with Crippen LogP contribution in [0.25, 0.3) is 11.0 Å². The molecule has 1 aromatic heterocycles. The lowest BCUT2D eigenvalue weighted by Crippen LogP contribution is -2.29. The highest BCUT2D eigenvalue weighted by Crippen LogP contribution is 2.42. The van der Waals surface area contributed by atoms with E-state index in [0.717, 1.165) is 18.1 Å². The molecule has 1 atom stereocenters. The number of carbonyl (C=O) groups is 1. The number of methoxy groups -OCH3 is 1. The zero-order chi connectivity index (χ0) is 28.4. The van der Waals surface area contributed by atoms with Gasteiger partial charge in [0.2, 0.25) is 5.76 Å². The quantitative estimate of drug-likeness (QED) is 0.226. The number of carbonyl (C=O) groups excluding carboxylic acids is 1. The van der Waals surface area contributed by atoms with Gasteiger partial charge < -0.3 is 23.5 Å². The maximum Gasteiger partial charge on any atom is 0.291 e. The smallest absolute Gasteiger partial charge is 0.291 e. The van der Waals surface area contributed by atoms with Crippen LogP contribution in [0.2, 0.25) is 0 Å². The molecule has 2 heterocycles. The van der Waals surface area contributed by atoms with Gasteiger partial charge in [-0.05, 0) is 72.9 Å². The Morgan fingerprint density at radius 2 is 1.75 bits per heavy atom. The van der Waals surface area contributed by atoms with E-state index in [-0.39, 0.29) is 28.8 Å². The van der Waals surface area contributed by atoms with E-state index < -0.39 is 23.2 Å². The van der Waals surface area contributed by atoms with Gasteiger partial charge in [0.05, 0.1) is 37.3 Å². The van der Waals surface area contributed by atoms with Crippen molar-refractivity contribution >= 4 is 16.9 Å². The summed E-state index contributed by atoms with van der Waals surface area (Å²) in [4.78, 5) is 29.2. The molecule has 0 aliphatic carbocycles. The number of hydrogen-bond acceptors (Lipinski definition) is 6. The molecule has 1 unspecified atom stereocenters. The Morgan fingerprint density at radius 1 is 0.975 bits per heavy atom. The molecule has 3 aromatic carbocycles. The SMILES string of the molecule is CCOc1cc(C2c3c(oc4ccc(F)cc4c3=O)C(=O)N2Cc2ccc(OC)cc2)ccc1OCCC(C)C. The minimum atomic E-state index is -0.780. The summed E-state index contributed by atoms with van der Waals surface area (Å²) in [6.07, 6.45) is 0.887. The zero-order valence-electron chi connectivity index (χ0n) is 23.0. The van der Waals surface area contributed by atoms with Crippen molar-refractivity contribution in [1.29, 1.82) is 0 Å². The summed E-state index contributed by atoms with van der Waals surface area (Å²) in [5.74, 6) is 1.26. The molecule has 0 fully saturated rings. The third kappa shape index (κ3) is 5.26. The number of hydrogen-bond donors (Lipinski definition) is 0. The maximum atomic E-state index is 14.1. The van der Waals surface area contributed by atoms with Gasteiger partial charge in [0.25, 0.3) is 5.91 Å². The fraction of sp³-hybridized carbons (Fsp3) is 0.312. The summed E-state index contributed by atoms with van der Waals surface area (Å²) < 4.78 is 37.3. The Kier molecular flexibility index (Phi) is 7.78. The Morgan fingerprint density at radius 3 is 2.45 bits per heavy atom. The van der Waals surface area contributed by atoms with Crippen LogP contribution in [0, 0.1) is 11.7 Å². The highest BCUT2D eigenvalue weighted by molar-refractivity contribution is 5.99. The van der Waals surface area contributed by atoms with Crippen LogP contribution in [-0.4, -0.2) is 31.1 Å². The van der Waals surface area contributed by atoms with Gasteiger partial charge in [-0.2, -0.15) is 0 Å². The molecule has 5 rings (SSSR count). The van der Waals surface area contributed by atoms with Crippen molar-refractivity contribution in [3.63, 3.8) is 0 Å². The molecule has 0 N–H and O–H groups in total. The molecule has 40 heavy (non-hydrogen) atoms. The number of ether oxygens (including phenoxy) is 3. The van der Waals surface area contributed by atoms with E-state index in [1.54, 1.807) is 24.1 Å². The predicted molar refractivity (Wildman–Crippen MR) is 150 cm³/mol. The molecule has 0 saturated heterocycles. The lowest BCUT2D eigenvalue weighted by molar-refractivity contribution is 0.0714. The third-order valence-electron chi connectivity index (χ3n) is 6.98. The molecule has 7 nitrogen and oxygen atoms in total. The number of halogens is 1. The molecule has 8 heteroatoms. The molecule has 1 aliphatic heterocycles. The van der Waals surface area contributed by atoms with Crippen molar-refractivity contribution in [2.75, 3.05) is 20.3 Å². The Labute approximate surface area is 232 Å². The Bertz CT molecular complexity index is 1590. The van der Waals surface area contributed by atoms with Crippen molar-refractivity contribution in [2.45, 2.75) is 39.8 Å². The van der Waals surface area contributed by atoms with E-state index in [9.17, 15) is 14.0 Å². The van der Waals surface area contributed by atoms with Crippen LogP contribution in [0.1, 0.15) is 60.5 Å². The summed E-state index contributed by atoms with van der Waals surface area (Å²) in [7, 11) is 1.59. The van der Waals surface area contributed by atoms with Gasteiger partial charge >= 0.3 is 0 Å². The lowest BCUT2D eigenvalue weighted by Gasteiger charge is -2.26. The summed E-state index contributed by atoms with van der Waals surface area (Å²) in [6.45, 7) is 7.28. The molecule has 208 valence electrons. The van der Waals surface area contributed by atoms with Gasteiger partial charge in [-0.25, -0.2) is 4.39 Å². The first kappa shape index (κ1) is 27.2. The topological polar surface area (TPSA) is 78.2 Å². The Balaban J connectivity index is 1.63. The maximum absolute atomic E-state index is 14.1. The minimum Gasteiger partial charge on any atom is -0.497 e. The van der Waals surface area contributed by atoms with Gasteiger partial charge in [-0.1, -0.05) is 32.0 Å². The minimum absolute atomic E-state index is 0.0437. The third-order valence-corrected chi connectivity index (χ3v) is 6.98. The second-order valence-corrected chi connectivity index (χ2v) is 10.2. The fourth-order valence-electron chi connectivity index (χ4n) is 4.92. The molecule has 0 bridgehead atoms. The van der Waals surface area contributed by atoms with Crippen LogP contribution in [0.4, 0.5) is 4.39 Å². The first-order chi connectivity index (χ1) is 19.3. The van der Waals surface area contributed by atoms with E-state index in [1.165, 1.54) is 12.1 Å². The number of benzene rings is 3. The van der Waals surface area contributed by atoms with Gasteiger partial charge in [-0.15, -0.1) is 0 Å². The zero-order valence-corrected chi connectivity index (χ0v) is 23.0. The average molecular weight is 546 g/mol. The summed E-state index contributed by atoms with van der Waals surface area (Å²) in [5.41, 5.74) is 1.39. The summed E-state index contributed by atoms with van der Waals surface area (Å²) >= 11 is 0. The molecule has 1 aliphatic rings. The summed E-state index contributed by atoms with van der Waals surface area (Å²) in [6, 6.07) is 15.7. The molecule has 0 saturated carbocycles. The molecular formula is C32H32FNO6. The van der Waals surface area contributed by atoms with Crippen LogP contribution in [0.3, 0.4) is 0 Å². The second-order valence-electron chi connectivity index (χ2n) is 10.2. The molecule has 1 amide bonds. The second kappa shape index (κ2) is 11.4. The van der Waals surface area contributed by atoms with Crippen LogP contribution in [0.15, 0.2) is 69.9 Å².